The van der Waals surface area contributed by atoms with Crippen LogP contribution < -0.4 is 10.6 Å². The Morgan fingerprint density at radius 2 is 1.67 bits per heavy atom. The van der Waals surface area contributed by atoms with Crippen molar-refractivity contribution in [2.24, 2.45) is 17.6 Å². The van der Waals surface area contributed by atoms with E-state index in [1.54, 1.807) is 0 Å². The van der Waals surface area contributed by atoms with Crippen LogP contribution in [-0.4, -0.2) is 56.5 Å². The molecule has 1 aliphatic heterocycles. The molecule has 3 N–H and O–H groups in total. The Hall–Kier alpha value is -1.50. The van der Waals surface area contributed by atoms with Crippen LogP contribution in [0.25, 0.3) is 0 Å². The number of nitrogen functional groups attached to an aromatic ring is 1. The average Bonchev–Trinajstić information content (AvgIpc) is 2.74. The van der Waals surface area contributed by atoms with Crippen molar-refractivity contribution in [1.29, 1.82) is 5.41 Å². The van der Waals surface area contributed by atoms with E-state index in [1.165, 1.54) is 25.6 Å². The van der Waals surface area contributed by atoms with Crippen LogP contribution in [0.4, 0.5) is 5.69 Å². The van der Waals surface area contributed by atoms with Gasteiger partial charge in [0.25, 0.3) is 0 Å². The van der Waals surface area contributed by atoms with Gasteiger partial charge in [-0.2, -0.15) is 0 Å². The highest BCUT2D eigenvalue weighted by atomic mass is 35.5. The molecule has 0 spiro atoms. The molecule has 0 bridgehead atoms. The third kappa shape index (κ3) is 6.76. The maximum Gasteiger partial charge on any atom is 0.308 e. The summed E-state index contributed by atoms with van der Waals surface area (Å²) in [7, 11) is 3.74. The number of hydrogen-bond acceptors (Lipinski definition) is 5. The van der Waals surface area contributed by atoms with E-state index in [-0.39, 0.29) is 42.5 Å². The Kier molecular flexibility index (Phi) is 10.9. The molecule has 1 saturated carbocycles. The van der Waals surface area contributed by atoms with Crippen molar-refractivity contribution in [2.45, 2.75) is 44.6 Å². The summed E-state index contributed by atoms with van der Waals surface area (Å²) in [5.41, 5.74) is 7.54. The largest absolute Gasteiger partial charge is 0.469 e. The summed E-state index contributed by atoms with van der Waals surface area (Å²) >= 11 is 0. The molecule has 1 heterocycles. The van der Waals surface area contributed by atoms with Crippen molar-refractivity contribution in [3.8, 4) is 0 Å². The number of esters is 1. The smallest absolute Gasteiger partial charge is 0.308 e. The molecule has 30 heavy (non-hydrogen) atoms. The molecule has 0 amide bonds. The van der Waals surface area contributed by atoms with Gasteiger partial charge in [-0.15, -0.1) is 24.8 Å². The summed E-state index contributed by atoms with van der Waals surface area (Å²) in [6, 6.07) is 8.61. The number of hydrogen-bond donors (Lipinski definition) is 2. The van der Waals surface area contributed by atoms with E-state index in [9.17, 15) is 4.79 Å². The molecule has 2 fully saturated rings. The zero-order chi connectivity index (χ0) is 20.1. The predicted molar refractivity (Wildman–Crippen MR) is 127 cm³/mol. The van der Waals surface area contributed by atoms with Crippen LogP contribution in [-0.2, 0) is 9.53 Å². The summed E-state index contributed by atoms with van der Waals surface area (Å²) in [5.74, 6) is 0.919. The first-order valence-electron chi connectivity index (χ1n) is 10.5. The zero-order valence-corrected chi connectivity index (χ0v) is 19.6. The molecule has 8 heteroatoms. The molecule has 6 nitrogen and oxygen atoms in total. The summed E-state index contributed by atoms with van der Waals surface area (Å²) in [4.78, 5) is 16.7. The average molecular weight is 459 g/mol. The molecule has 2 aliphatic rings. The van der Waals surface area contributed by atoms with Crippen LogP contribution in [0.2, 0.25) is 0 Å². The fraction of sp³-hybridized carbons (Fsp3) is 0.636. The van der Waals surface area contributed by atoms with E-state index < -0.39 is 0 Å². The molecule has 0 aromatic heterocycles. The number of carbonyl (C=O) groups excluding carboxylic acids is 1. The van der Waals surface area contributed by atoms with E-state index in [4.69, 9.17) is 15.9 Å². The van der Waals surface area contributed by atoms with Gasteiger partial charge in [0.05, 0.1) is 13.0 Å². The summed E-state index contributed by atoms with van der Waals surface area (Å²) in [6.45, 7) is 3.30. The van der Waals surface area contributed by atoms with Gasteiger partial charge in [-0.1, -0.05) is 0 Å². The lowest BCUT2D eigenvalue weighted by Crippen LogP contribution is -2.42. The third-order valence-corrected chi connectivity index (χ3v) is 6.56. The standard InChI is InChI=1S/C22H34N4O2.2ClH/c1-25(19-7-5-18(6-8-19)22(27)28-2)15-16-11-13-26(14-12-16)20-9-3-17(4-10-20)21(23)24;;/h3-4,9-10,16,18-19H,5-8,11-15H2,1-2H3,(H3,23,24);2*1H. The number of methoxy groups -OCH3 is 1. The fourth-order valence-corrected chi connectivity index (χ4v) is 4.70. The van der Waals surface area contributed by atoms with Crippen molar-refractivity contribution in [3.05, 3.63) is 29.8 Å². The van der Waals surface area contributed by atoms with Gasteiger partial charge in [0.1, 0.15) is 5.84 Å². The maximum atomic E-state index is 11.7. The summed E-state index contributed by atoms with van der Waals surface area (Å²) in [6.07, 6.45) is 6.51. The van der Waals surface area contributed by atoms with Crippen LogP contribution in [0.15, 0.2) is 24.3 Å². The predicted octanol–water partition coefficient (Wildman–Crippen LogP) is 3.69. The van der Waals surface area contributed by atoms with Crippen molar-refractivity contribution in [2.75, 3.05) is 38.7 Å². The minimum absolute atomic E-state index is 0. The third-order valence-electron chi connectivity index (χ3n) is 6.56. The van der Waals surface area contributed by atoms with E-state index in [0.717, 1.165) is 56.8 Å². The zero-order valence-electron chi connectivity index (χ0n) is 18.0. The monoisotopic (exact) mass is 458 g/mol. The Bertz CT molecular complexity index is 670. The Labute approximate surface area is 192 Å². The van der Waals surface area contributed by atoms with Gasteiger partial charge >= 0.3 is 5.97 Å². The minimum Gasteiger partial charge on any atom is -0.469 e. The van der Waals surface area contributed by atoms with Gasteiger partial charge < -0.3 is 20.3 Å². The number of rotatable bonds is 6. The van der Waals surface area contributed by atoms with Crippen LogP contribution in [0, 0.1) is 17.2 Å². The Balaban J connectivity index is 0.00000225. The van der Waals surface area contributed by atoms with Gasteiger partial charge in [-0.25, -0.2) is 0 Å². The molecule has 0 unspecified atom stereocenters. The van der Waals surface area contributed by atoms with E-state index in [0.29, 0.717) is 6.04 Å². The SMILES string of the molecule is COC(=O)C1CCC(N(C)CC2CCN(c3ccc(C(=N)N)cc3)CC2)CC1.Cl.Cl. The topological polar surface area (TPSA) is 82.7 Å². The lowest BCUT2D eigenvalue weighted by atomic mass is 9.85. The van der Waals surface area contributed by atoms with E-state index in [1.807, 2.05) is 12.1 Å². The Morgan fingerprint density at radius 3 is 2.17 bits per heavy atom. The first kappa shape index (κ1) is 26.5. The lowest BCUT2D eigenvalue weighted by Gasteiger charge is -2.39. The van der Waals surface area contributed by atoms with Gasteiger partial charge in [0, 0.05) is 36.9 Å². The van der Waals surface area contributed by atoms with Crippen molar-refractivity contribution in [3.63, 3.8) is 0 Å². The normalized spacial score (nSPS) is 22.0. The van der Waals surface area contributed by atoms with Crippen molar-refractivity contribution in [1.82, 2.24) is 4.90 Å². The van der Waals surface area contributed by atoms with Gasteiger partial charge in [-0.05, 0) is 75.8 Å². The van der Waals surface area contributed by atoms with Crippen molar-refractivity contribution < 1.29 is 9.53 Å². The number of nitrogens with two attached hydrogens (primary N) is 1. The molecule has 170 valence electrons. The second kappa shape index (κ2) is 12.4. The first-order chi connectivity index (χ1) is 13.5. The van der Waals surface area contributed by atoms with Crippen LogP contribution in [0.5, 0.6) is 0 Å². The summed E-state index contributed by atoms with van der Waals surface area (Å²) in [5, 5.41) is 7.50. The van der Waals surface area contributed by atoms with E-state index in [2.05, 4.69) is 29.0 Å². The molecular formula is C22H36Cl2N4O2. The maximum absolute atomic E-state index is 11.7. The van der Waals surface area contributed by atoms with Crippen molar-refractivity contribution >= 4 is 42.3 Å². The highest BCUT2D eigenvalue weighted by Crippen LogP contribution is 2.30. The summed E-state index contributed by atoms with van der Waals surface area (Å²) < 4.78 is 4.90. The highest BCUT2D eigenvalue weighted by molar-refractivity contribution is 5.95. The molecule has 1 aromatic rings. The molecule has 3 rings (SSSR count). The number of amidine groups is 1. The minimum atomic E-state index is -0.0372. The number of nitrogens with one attached hydrogen (secondary N) is 1. The van der Waals surface area contributed by atoms with E-state index >= 15 is 0 Å². The van der Waals surface area contributed by atoms with Gasteiger partial charge in [0.15, 0.2) is 0 Å². The number of halogens is 2. The van der Waals surface area contributed by atoms with Gasteiger partial charge in [-0.3, -0.25) is 10.2 Å². The number of anilines is 1. The molecule has 0 radical (unpaired) electrons. The van der Waals surface area contributed by atoms with Crippen LogP contribution in [0.3, 0.4) is 0 Å². The number of nitrogens with zero attached hydrogens (tertiary/aromatic N) is 2. The second-order valence-electron chi connectivity index (χ2n) is 8.36. The number of benzene rings is 1. The number of carbonyl (C=O) groups is 1. The molecule has 1 aliphatic carbocycles. The first-order valence-corrected chi connectivity index (χ1v) is 10.5. The molecule has 0 atom stereocenters. The van der Waals surface area contributed by atoms with Crippen LogP contribution >= 0.6 is 24.8 Å². The quantitative estimate of drug-likeness (QED) is 0.385. The highest BCUT2D eigenvalue weighted by Gasteiger charge is 2.30. The number of ether oxygens (including phenoxy) is 1. The molecular weight excluding hydrogens is 423 g/mol. The molecule has 1 aromatic carbocycles. The Morgan fingerprint density at radius 1 is 1.10 bits per heavy atom. The second-order valence-corrected chi connectivity index (χ2v) is 8.36. The van der Waals surface area contributed by atoms with Crippen LogP contribution in [0.1, 0.15) is 44.1 Å². The molecule has 1 saturated heterocycles. The number of piperidine rings is 1. The van der Waals surface area contributed by atoms with Gasteiger partial charge in [0.2, 0.25) is 0 Å². The lowest BCUT2D eigenvalue weighted by molar-refractivity contribution is -0.146. The fourth-order valence-electron chi connectivity index (χ4n) is 4.70.